The lowest BCUT2D eigenvalue weighted by Gasteiger charge is -2.09. The molecule has 0 atom stereocenters. The number of rotatable bonds is 4. The van der Waals surface area contributed by atoms with Crippen LogP contribution in [0.4, 0.5) is 5.69 Å². The number of hydrogen-bond donors (Lipinski definition) is 1. The topological polar surface area (TPSA) is 63.8 Å². The normalized spacial score (nSPS) is 10.6. The smallest absolute Gasteiger partial charge is 0.247 e. The number of aryl methyl sites for hydroxylation is 1. The molecule has 0 aliphatic carbocycles. The minimum absolute atomic E-state index is 0.525. The van der Waals surface area contributed by atoms with Crippen LogP contribution in [0.1, 0.15) is 11.3 Å². The predicted octanol–water partition coefficient (Wildman–Crippen LogP) is 3.11. The van der Waals surface area contributed by atoms with E-state index in [9.17, 15) is 0 Å². The second kappa shape index (κ2) is 5.19. The SMILES string of the molecule is Cc1ccc(-c2nnco2)cc1NCc1cscn1. The van der Waals surface area contributed by atoms with Crippen molar-refractivity contribution in [2.45, 2.75) is 13.5 Å². The molecule has 3 aromatic rings. The Morgan fingerprint density at radius 2 is 2.32 bits per heavy atom. The van der Waals surface area contributed by atoms with Gasteiger partial charge in [0.25, 0.3) is 0 Å². The van der Waals surface area contributed by atoms with Crippen molar-refractivity contribution in [1.29, 1.82) is 0 Å². The highest BCUT2D eigenvalue weighted by atomic mass is 32.1. The van der Waals surface area contributed by atoms with Crippen molar-refractivity contribution in [3.8, 4) is 11.5 Å². The standard InChI is InChI=1S/C13H12N4OS/c1-9-2-3-10(13-17-16-7-18-13)4-12(9)14-5-11-6-19-8-15-11/h2-4,6-8,14H,5H2,1H3. The van der Waals surface area contributed by atoms with Crippen LogP contribution in [0.2, 0.25) is 0 Å². The van der Waals surface area contributed by atoms with E-state index in [1.54, 1.807) is 11.3 Å². The fourth-order valence-electron chi connectivity index (χ4n) is 1.75. The third-order valence-corrected chi connectivity index (χ3v) is 3.42. The van der Waals surface area contributed by atoms with Gasteiger partial charge < -0.3 is 9.73 Å². The van der Waals surface area contributed by atoms with Gasteiger partial charge in [0.05, 0.1) is 17.7 Å². The summed E-state index contributed by atoms with van der Waals surface area (Å²) in [6.45, 7) is 2.76. The van der Waals surface area contributed by atoms with Crippen molar-refractivity contribution in [1.82, 2.24) is 15.2 Å². The molecule has 0 aliphatic heterocycles. The molecule has 0 unspecified atom stereocenters. The van der Waals surface area contributed by atoms with Gasteiger partial charge in [-0.05, 0) is 24.6 Å². The molecule has 19 heavy (non-hydrogen) atoms. The van der Waals surface area contributed by atoms with Gasteiger partial charge in [-0.2, -0.15) is 0 Å². The first-order valence-corrected chi connectivity index (χ1v) is 6.75. The van der Waals surface area contributed by atoms with E-state index in [0.29, 0.717) is 12.4 Å². The lowest BCUT2D eigenvalue weighted by molar-refractivity contribution is 0.568. The summed E-state index contributed by atoms with van der Waals surface area (Å²) in [5.41, 5.74) is 5.98. The van der Waals surface area contributed by atoms with Crippen LogP contribution in [0.25, 0.3) is 11.5 Å². The van der Waals surface area contributed by atoms with Gasteiger partial charge in [0.1, 0.15) is 0 Å². The second-order valence-corrected chi connectivity index (χ2v) is 4.83. The molecule has 0 saturated carbocycles. The summed E-state index contributed by atoms with van der Waals surface area (Å²) in [6.07, 6.45) is 1.33. The number of nitrogens with one attached hydrogen (secondary N) is 1. The molecule has 0 amide bonds. The number of anilines is 1. The maximum Gasteiger partial charge on any atom is 0.247 e. The van der Waals surface area contributed by atoms with Crippen molar-refractivity contribution >= 4 is 17.0 Å². The average Bonchev–Trinajstić information content (AvgIpc) is 3.11. The first-order valence-electron chi connectivity index (χ1n) is 5.81. The van der Waals surface area contributed by atoms with Gasteiger partial charge in [0.15, 0.2) is 0 Å². The van der Waals surface area contributed by atoms with E-state index in [2.05, 4.69) is 27.4 Å². The van der Waals surface area contributed by atoms with Crippen molar-refractivity contribution in [3.05, 3.63) is 46.7 Å². The summed E-state index contributed by atoms with van der Waals surface area (Å²) in [4.78, 5) is 4.25. The molecule has 0 saturated heterocycles. The van der Waals surface area contributed by atoms with Crippen LogP contribution in [-0.2, 0) is 6.54 Å². The first-order chi connectivity index (χ1) is 9.33. The number of thiazole rings is 1. The first kappa shape index (κ1) is 11.9. The summed E-state index contributed by atoms with van der Waals surface area (Å²) >= 11 is 1.60. The third kappa shape index (κ3) is 2.63. The molecule has 96 valence electrons. The summed E-state index contributed by atoms with van der Waals surface area (Å²) in [5.74, 6) is 0.525. The molecular weight excluding hydrogens is 260 g/mol. The molecule has 0 radical (unpaired) electrons. The van der Waals surface area contributed by atoms with Crippen LogP contribution in [0.5, 0.6) is 0 Å². The maximum absolute atomic E-state index is 5.20. The molecule has 2 aromatic heterocycles. The third-order valence-electron chi connectivity index (χ3n) is 2.79. The summed E-state index contributed by atoms with van der Waals surface area (Å²) < 4.78 is 5.20. The molecule has 6 heteroatoms. The molecule has 2 heterocycles. The lowest BCUT2D eigenvalue weighted by atomic mass is 10.1. The molecule has 0 fully saturated rings. The van der Waals surface area contributed by atoms with Crippen molar-refractivity contribution in [2.24, 2.45) is 0 Å². The van der Waals surface area contributed by atoms with Crippen LogP contribution in [-0.4, -0.2) is 15.2 Å². The van der Waals surface area contributed by atoms with E-state index in [4.69, 9.17) is 4.42 Å². The lowest BCUT2D eigenvalue weighted by Crippen LogP contribution is -2.01. The molecule has 1 aromatic carbocycles. The Morgan fingerprint density at radius 1 is 1.37 bits per heavy atom. The zero-order valence-corrected chi connectivity index (χ0v) is 11.1. The van der Waals surface area contributed by atoms with E-state index in [-0.39, 0.29) is 0 Å². The molecule has 0 aliphatic rings. The predicted molar refractivity (Wildman–Crippen MR) is 73.9 cm³/mol. The second-order valence-electron chi connectivity index (χ2n) is 4.11. The largest absolute Gasteiger partial charge is 0.423 e. The van der Waals surface area contributed by atoms with Crippen molar-refractivity contribution in [3.63, 3.8) is 0 Å². The van der Waals surface area contributed by atoms with Gasteiger partial charge in [-0.25, -0.2) is 4.98 Å². The quantitative estimate of drug-likeness (QED) is 0.790. The molecule has 3 rings (SSSR count). The Bertz CT molecular complexity index is 649. The number of aromatic nitrogens is 3. The Hall–Kier alpha value is -2.21. The molecular formula is C13H12N4OS. The molecule has 0 spiro atoms. The van der Waals surface area contributed by atoms with Crippen LogP contribution in [0.3, 0.4) is 0 Å². The Kier molecular flexibility index (Phi) is 3.24. The van der Waals surface area contributed by atoms with Gasteiger partial charge in [0.2, 0.25) is 12.3 Å². The Balaban J connectivity index is 1.82. The Labute approximate surface area is 114 Å². The highest BCUT2D eigenvalue weighted by Crippen LogP contribution is 2.24. The number of nitrogens with zero attached hydrogens (tertiary/aromatic N) is 3. The Morgan fingerprint density at radius 3 is 3.05 bits per heavy atom. The van der Waals surface area contributed by atoms with E-state index < -0.39 is 0 Å². The van der Waals surface area contributed by atoms with Crippen LogP contribution in [0, 0.1) is 6.92 Å². The maximum atomic E-state index is 5.20. The number of benzene rings is 1. The number of hydrogen-bond acceptors (Lipinski definition) is 6. The zero-order valence-electron chi connectivity index (χ0n) is 10.3. The summed E-state index contributed by atoms with van der Waals surface area (Å²) in [6, 6.07) is 6.01. The van der Waals surface area contributed by atoms with E-state index in [1.807, 2.05) is 29.1 Å². The fourth-order valence-corrected chi connectivity index (χ4v) is 2.31. The average molecular weight is 272 g/mol. The minimum atomic E-state index is 0.525. The minimum Gasteiger partial charge on any atom is -0.423 e. The van der Waals surface area contributed by atoms with E-state index in [0.717, 1.165) is 16.9 Å². The van der Waals surface area contributed by atoms with Crippen LogP contribution >= 0.6 is 11.3 Å². The van der Waals surface area contributed by atoms with Crippen molar-refractivity contribution < 1.29 is 4.42 Å². The van der Waals surface area contributed by atoms with E-state index >= 15 is 0 Å². The monoisotopic (exact) mass is 272 g/mol. The molecule has 0 bridgehead atoms. The van der Waals surface area contributed by atoms with Crippen molar-refractivity contribution in [2.75, 3.05) is 5.32 Å². The highest BCUT2D eigenvalue weighted by Gasteiger charge is 2.06. The van der Waals surface area contributed by atoms with Gasteiger partial charge in [-0.15, -0.1) is 21.5 Å². The van der Waals surface area contributed by atoms with Gasteiger partial charge in [-0.1, -0.05) is 6.07 Å². The fraction of sp³-hybridized carbons (Fsp3) is 0.154. The zero-order chi connectivity index (χ0) is 13.1. The summed E-state index contributed by atoms with van der Waals surface area (Å²) in [7, 11) is 0. The summed E-state index contributed by atoms with van der Waals surface area (Å²) in [5, 5.41) is 13.0. The van der Waals surface area contributed by atoms with Gasteiger partial charge >= 0.3 is 0 Å². The van der Waals surface area contributed by atoms with Crippen LogP contribution < -0.4 is 5.32 Å². The van der Waals surface area contributed by atoms with Gasteiger partial charge in [-0.3, -0.25) is 0 Å². The highest BCUT2D eigenvalue weighted by molar-refractivity contribution is 7.07. The van der Waals surface area contributed by atoms with Crippen LogP contribution in [0.15, 0.2) is 39.9 Å². The molecule has 1 N–H and O–H groups in total. The molecule has 5 nitrogen and oxygen atoms in total. The van der Waals surface area contributed by atoms with E-state index in [1.165, 1.54) is 12.0 Å². The van der Waals surface area contributed by atoms with Gasteiger partial charge in [0, 0.05) is 16.6 Å².